The van der Waals surface area contributed by atoms with E-state index < -0.39 is 24.0 Å². The molecule has 1 amide bonds. The Balaban J connectivity index is 2.21. The minimum atomic E-state index is -1.33. The summed E-state index contributed by atoms with van der Waals surface area (Å²) < 4.78 is 9.86. The molecule has 1 fully saturated rings. The van der Waals surface area contributed by atoms with Gasteiger partial charge in [0.05, 0.1) is 13.7 Å². The van der Waals surface area contributed by atoms with E-state index in [1.807, 2.05) is 0 Å². The third kappa shape index (κ3) is 2.26. The molecule has 1 heterocycles. The number of carbonyl (C=O) groups excluding carboxylic acids is 2. The number of hydrogen-bond acceptors (Lipinski definition) is 5. The summed E-state index contributed by atoms with van der Waals surface area (Å²) in [7, 11) is 1.54. The normalized spacial score (nSPS) is 21.8. The van der Waals surface area contributed by atoms with E-state index in [0.29, 0.717) is 11.4 Å². The number of ether oxygens (including phenoxy) is 2. The Morgan fingerprint density at radius 2 is 2.00 bits per heavy atom. The van der Waals surface area contributed by atoms with Crippen LogP contribution in [0.2, 0.25) is 0 Å². The first kappa shape index (κ1) is 13.4. The minimum absolute atomic E-state index is 0.201. The highest BCUT2D eigenvalue weighted by Crippen LogP contribution is 2.30. The molecule has 19 heavy (non-hydrogen) atoms. The fraction of sp³-hybridized carbons (Fsp3) is 0.385. The lowest BCUT2D eigenvalue weighted by atomic mass is 9.97. The van der Waals surface area contributed by atoms with E-state index in [-0.39, 0.29) is 6.61 Å². The van der Waals surface area contributed by atoms with Crippen molar-refractivity contribution in [3.8, 4) is 5.75 Å². The molecule has 1 saturated heterocycles. The molecule has 1 N–H and O–H groups in total. The number of carbonyl (C=O) groups is 2. The van der Waals surface area contributed by atoms with Crippen LogP contribution in [0.15, 0.2) is 24.3 Å². The Labute approximate surface area is 110 Å². The molecular weight excluding hydrogens is 250 g/mol. The molecule has 0 aliphatic carbocycles. The number of amides is 1. The second-order valence-electron chi connectivity index (χ2n) is 4.05. The molecule has 1 aliphatic rings. The Bertz CT molecular complexity index is 484. The van der Waals surface area contributed by atoms with Crippen LogP contribution in [0, 0.1) is 0 Å². The Kier molecular flexibility index (Phi) is 3.71. The first-order chi connectivity index (χ1) is 9.10. The van der Waals surface area contributed by atoms with Gasteiger partial charge in [0.2, 0.25) is 0 Å². The maximum absolute atomic E-state index is 11.7. The maximum atomic E-state index is 11.7. The predicted octanol–water partition coefficient (Wildman–Crippen LogP) is 0.334. The van der Waals surface area contributed by atoms with Gasteiger partial charge >= 0.3 is 5.97 Å². The van der Waals surface area contributed by atoms with E-state index in [9.17, 15) is 14.7 Å². The second-order valence-corrected chi connectivity index (χ2v) is 4.05. The van der Waals surface area contributed by atoms with Gasteiger partial charge in [-0.1, -0.05) is 0 Å². The second kappa shape index (κ2) is 5.27. The van der Waals surface area contributed by atoms with Crippen LogP contribution < -0.4 is 9.64 Å². The van der Waals surface area contributed by atoms with Crippen molar-refractivity contribution in [2.45, 2.75) is 19.1 Å². The zero-order valence-electron chi connectivity index (χ0n) is 10.7. The van der Waals surface area contributed by atoms with Crippen molar-refractivity contribution in [3.05, 3.63) is 24.3 Å². The van der Waals surface area contributed by atoms with Crippen molar-refractivity contribution in [1.29, 1.82) is 0 Å². The summed E-state index contributed by atoms with van der Waals surface area (Å²) in [6, 6.07) is 5.68. The number of rotatable bonds is 4. The smallest absolute Gasteiger partial charge is 0.332 e. The number of nitrogens with zero attached hydrogens (tertiary/aromatic N) is 1. The zero-order valence-corrected chi connectivity index (χ0v) is 10.7. The van der Waals surface area contributed by atoms with Crippen molar-refractivity contribution >= 4 is 17.6 Å². The molecule has 0 aromatic heterocycles. The van der Waals surface area contributed by atoms with Gasteiger partial charge in [-0.2, -0.15) is 0 Å². The number of methoxy groups -OCH3 is 1. The summed E-state index contributed by atoms with van der Waals surface area (Å²) in [5, 5.41) is 9.59. The molecule has 0 bridgehead atoms. The van der Waals surface area contributed by atoms with E-state index in [0.717, 1.165) is 0 Å². The van der Waals surface area contributed by atoms with Crippen LogP contribution in [0.5, 0.6) is 5.75 Å². The van der Waals surface area contributed by atoms with Crippen LogP contribution >= 0.6 is 0 Å². The lowest BCUT2D eigenvalue weighted by Crippen LogP contribution is -2.68. The number of esters is 1. The van der Waals surface area contributed by atoms with Gasteiger partial charge in [-0.15, -0.1) is 0 Å². The molecule has 1 aromatic carbocycles. The van der Waals surface area contributed by atoms with Crippen molar-refractivity contribution in [2.75, 3.05) is 18.6 Å². The lowest BCUT2D eigenvalue weighted by Gasteiger charge is -2.42. The Morgan fingerprint density at radius 1 is 1.37 bits per heavy atom. The monoisotopic (exact) mass is 265 g/mol. The van der Waals surface area contributed by atoms with Crippen molar-refractivity contribution < 1.29 is 24.2 Å². The van der Waals surface area contributed by atoms with Gasteiger partial charge in [0.1, 0.15) is 5.75 Å². The number of anilines is 1. The largest absolute Gasteiger partial charge is 0.497 e. The number of β-lactam (4-membered cyclic amide) rings is 1. The van der Waals surface area contributed by atoms with Gasteiger partial charge in [0.15, 0.2) is 12.1 Å². The first-order valence-corrected chi connectivity index (χ1v) is 5.92. The van der Waals surface area contributed by atoms with E-state index in [1.54, 1.807) is 31.2 Å². The molecule has 0 spiro atoms. The highest BCUT2D eigenvalue weighted by molar-refractivity contribution is 6.12. The van der Waals surface area contributed by atoms with Crippen LogP contribution in [0.3, 0.4) is 0 Å². The number of hydrogen-bond donors (Lipinski definition) is 1. The SMILES string of the molecule is CCOC(=O)C1C(O)C(=O)N1c1ccc(OC)cc1. The fourth-order valence-corrected chi connectivity index (χ4v) is 1.97. The van der Waals surface area contributed by atoms with E-state index in [2.05, 4.69) is 0 Å². The average Bonchev–Trinajstić information content (AvgIpc) is 2.44. The third-order valence-corrected chi connectivity index (χ3v) is 2.95. The fourth-order valence-electron chi connectivity index (χ4n) is 1.97. The van der Waals surface area contributed by atoms with Crippen LogP contribution in [-0.2, 0) is 14.3 Å². The summed E-state index contributed by atoms with van der Waals surface area (Å²) in [6.07, 6.45) is -1.33. The van der Waals surface area contributed by atoms with Crippen LogP contribution in [0.1, 0.15) is 6.92 Å². The lowest BCUT2D eigenvalue weighted by molar-refractivity contribution is -0.158. The molecule has 2 rings (SSSR count). The Morgan fingerprint density at radius 3 is 2.53 bits per heavy atom. The van der Waals surface area contributed by atoms with Gasteiger partial charge in [0, 0.05) is 5.69 Å². The van der Waals surface area contributed by atoms with Gasteiger partial charge < -0.3 is 14.6 Å². The van der Waals surface area contributed by atoms with Crippen LogP contribution in [0.4, 0.5) is 5.69 Å². The molecule has 1 aromatic rings. The predicted molar refractivity (Wildman–Crippen MR) is 66.9 cm³/mol. The molecule has 0 saturated carbocycles. The summed E-state index contributed by atoms with van der Waals surface area (Å²) in [6.45, 7) is 1.87. The third-order valence-electron chi connectivity index (χ3n) is 2.95. The van der Waals surface area contributed by atoms with E-state index >= 15 is 0 Å². The van der Waals surface area contributed by atoms with Gasteiger partial charge in [-0.3, -0.25) is 9.69 Å². The number of aliphatic hydroxyl groups is 1. The highest BCUT2D eigenvalue weighted by atomic mass is 16.5. The Hall–Kier alpha value is -2.08. The molecule has 6 heteroatoms. The molecule has 0 radical (unpaired) electrons. The summed E-state index contributed by atoms with van der Waals surface area (Å²) in [5.41, 5.74) is 0.522. The van der Waals surface area contributed by atoms with Gasteiger partial charge in [0.25, 0.3) is 5.91 Å². The number of benzene rings is 1. The standard InChI is InChI=1S/C13H15NO5/c1-3-19-13(17)10-11(15)12(16)14(10)8-4-6-9(18-2)7-5-8/h4-7,10-11,15H,3H2,1-2H3. The topological polar surface area (TPSA) is 76.1 Å². The van der Waals surface area contributed by atoms with Crippen molar-refractivity contribution in [1.82, 2.24) is 0 Å². The first-order valence-electron chi connectivity index (χ1n) is 5.92. The average molecular weight is 265 g/mol. The molecule has 2 unspecified atom stereocenters. The van der Waals surface area contributed by atoms with Gasteiger partial charge in [-0.25, -0.2) is 4.79 Å². The number of aliphatic hydroxyl groups excluding tert-OH is 1. The van der Waals surface area contributed by atoms with Crippen molar-refractivity contribution in [3.63, 3.8) is 0 Å². The highest BCUT2D eigenvalue weighted by Gasteiger charge is 2.52. The van der Waals surface area contributed by atoms with Crippen LogP contribution in [-0.4, -0.2) is 42.8 Å². The summed E-state index contributed by atoms with van der Waals surface area (Å²) in [4.78, 5) is 24.6. The molecule has 102 valence electrons. The molecule has 1 aliphatic heterocycles. The van der Waals surface area contributed by atoms with E-state index in [1.165, 1.54) is 12.0 Å². The summed E-state index contributed by atoms with van der Waals surface area (Å²) >= 11 is 0. The van der Waals surface area contributed by atoms with Crippen LogP contribution in [0.25, 0.3) is 0 Å². The molecule has 2 atom stereocenters. The summed E-state index contributed by atoms with van der Waals surface area (Å²) in [5.74, 6) is -0.474. The zero-order chi connectivity index (χ0) is 14.0. The van der Waals surface area contributed by atoms with Gasteiger partial charge in [-0.05, 0) is 31.2 Å². The molecular formula is C13H15NO5. The van der Waals surface area contributed by atoms with E-state index in [4.69, 9.17) is 9.47 Å². The minimum Gasteiger partial charge on any atom is -0.497 e. The van der Waals surface area contributed by atoms with Crippen molar-refractivity contribution in [2.24, 2.45) is 0 Å². The molecule has 6 nitrogen and oxygen atoms in total. The quantitative estimate of drug-likeness (QED) is 0.627. The maximum Gasteiger partial charge on any atom is 0.332 e.